The molecular weight excluding hydrogens is 222 g/mol. The van der Waals surface area contributed by atoms with Gasteiger partial charge in [-0.2, -0.15) is 11.3 Å². The average Bonchev–Trinajstić information content (AvgIpc) is 2.34. The molecule has 1 heterocycles. The molecule has 1 fully saturated rings. The van der Waals surface area contributed by atoms with Crippen molar-refractivity contribution in [3.8, 4) is 0 Å². The highest BCUT2D eigenvalue weighted by atomic mass is 79.9. The van der Waals surface area contributed by atoms with Crippen LogP contribution in [0.15, 0.2) is 15.2 Å². The predicted molar refractivity (Wildman–Crippen MR) is 52.0 cm³/mol. The summed E-state index contributed by atoms with van der Waals surface area (Å²) in [6.45, 7) is 0. The van der Waals surface area contributed by atoms with Gasteiger partial charge in [0.25, 0.3) is 0 Å². The van der Waals surface area contributed by atoms with Gasteiger partial charge in [-0.3, -0.25) is 0 Å². The second-order valence-electron chi connectivity index (χ2n) is 3.02. The number of thiophene rings is 1. The first-order chi connectivity index (χ1) is 5.29. The maximum absolute atomic E-state index is 5.87. The number of hydrogen-bond donors (Lipinski definition) is 1. The molecule has 0 bridgehead atoms. The molecule has 1 nitrogen and oxygen atoms in total. The van der Waals surface area contributed by atoms with E-state index in [0.717, 1.165) is 0 Å². The van der Waals surface area contributed by atoms with Gasteiger partial charge in [0.2, 0.25) is 0 Å². The number of rotatable bonds is 1. The van der Waals surface area contributed by atoms with Gasteiger partial charge in [-0.15, -0.1) is 0 Å². The van der Waals surface area contributed by atoms with Crippen LogP contribution in [0.5, 0.6) is 0 Å². The lowest BCUT2D eigenvalue weighted by molar-refractivity contribution is 0.346. The highest BCUT2D eigenvalue weighted by Crippen LogP contribution is 2.40. The van der Waals surface area contributed by atoms with E-state index in [4.69, 9.17) is 5.73 Å². The lowest BCUT2D eigenvalue weighted by Gasteiger charge is -2.33. The minimum Gasteiger partial charge on any atom is -0.327 e. The monoisotopic (exact) mass is 231 g/mol. The van der Waals surface area contributed by atoms with E-state index < -0.39 is 0 Å². The fourth-order valence-electron chi connectivity index (χ4n) is 1.47. The molecule has 2 unspecified atom stereocenters. The molecule has 1 aliphatic carbocycles. The summed E-state index contributed by atoms with van der Waals surface area (Å²) in [6.07, 6.45) is 2.45. The van der Waals surface area contributed by atoms with E-state index in [-0.39, 0.29) is 0 Å². The third kappa shape index (κ3) is 1.25. The normalized spacial score (nSPS) is 30.0. The van der Waals surface area contributed by atoms with Gasteiger partial charge in [-0.05, 0) is 39.7 Å². The Hall–Kier alpha value is 0.140. The minimum atomic E-state index is 0.404. The van der Waals surface area contributed by atoms with Gasteiger partial charge in [0.1, 0.15) is 0 Å². The van der Waals surface area contributed by atoms with Crippen molar-refractivity contribution in [1.29, 1.82) is 0 Å². The highest BCUT2D eigenvalue weighted by Gasteiger charge is 2.30. The van der Waals surface area contributed by atoms with E-state index >= 15 is 0 Å². The van der Waals surface area contributed by atoms with Crippen LogP contribution in [0, 0.1) is 0 Å². The molecule has 0 saturated heterocycles. The van der Waals surface area contributed by atoms with Crippen molar-refractivity contribution in [2.24, 2.45) is 5.73 Å². The van der Waals surface area contributed by atoms with Crippen LogP contribution in [-0.4, -0.2) is 6.04 Å². The fraction of sp³-hybridized carbons (Fsp3) is 0.500. The molecule has 1 saturated carbocycles. The van der Waals surface area contributed by atoms with E-state index in [2.05, 4.69) is 26.7 Å². The Kier molecular flexibility index (Phi) is 2.04. The topological polar surface area (TPSA) is 26.0 Å². The molecule has 3 heteroatoms. The second kappa shape index (κ2) is 2.88. The summed E-state index contributed by atoms with van der Waals surface area (Å²) in [5.74, 6) is 0.621. The van der Waals surface area contributed by atoms with Crippen molar-refractivity contribution in [2.45, 2.75) is 24.8 Å². The van der Waals surface area contributed by atoms with Crippen LogP contribution in [0.4, 0.5) is 0 Å². The second-order valence-corrected chi connectivity index (χ2v) is 4.62. The molecule has 2 atom stereocenters. The molecule has 1 aromatic heterocycles. The van der Waals surface area contributed by atoms with Crippen LogP contribution in [-0.2, 0) is 0 Å². The Balaban J connectivity index is 2.22. The zero-order valence-corrected chi connectivity index (χ0v) is 8.49. The van der Waals surface area contributed by atoms with E-state index in [0.29, 0.717) is 12.0 Å². The SMILES string of the molecule is NC1CCC1c1cscc1Br. The first kappa shape index (κ1) is 7.77. The molecule has 60 valence electrons. The average molecular weight is 232 g/mol. The zero-order chi connectivity index (χ0) is 7.84. The van der Waals surface area contributed by atoms with Gasteiger partial charge in [0, 0.05) is 21.8 Å². The van der Waals surface area contributed by atoms with Gasteiger partial charge >= 0.3 is 0 Å². The summed E-state index contributed by atoms with van der Waals surface area (Å²) in [6, 6.07) is 0.404. The summed E-state index contributed by atoms with van der Waals surface area (Å²) in [5.41, 5.74) is 7.28. The van der Waals surface area contributed by atoms with Gasteiger partial charge in [0.05, 0.1) is 0 Å². The molecule has 0 radical (unpaired) electrons. The molecule has 0 aromatic carbocycles. The zero-order valence-electron chi connectivity index (χ0n) is 6.09. The third-order valence-electron chi connectivity index (χ3n) is 2.37. The Labute approximate surface area is 78.7 Å². The predicted octanol–water partition coefficient (Wildman–Crippen LogP) is 2.72. The standard InChI is InChI=1S/C8H10BrNS/c9-7-4-11-3-6(7)5-1-2-8(5)10/h3-5,8H,1-2,10H2. The molecule has 1 aliphatic rings. The molecule has 11 heavy (non-hydrogen) atoms. The first-order valence-corrected chi connectivity index (χ1v) is 5.50. The quantitative estimate of drug-likeness (QED) is 0.791. The lowest BCUT2D eigenvalue weighted by atomic mass is 9.77. The van der Waals surface area contributed by atoms with Gasteiger partial charge in [-0.1, -0.05) is 0 Å². The highest BCUT2D eigenvalue weighted by molar-refractivity contribution is 9.10. The van der Waals surface area contributed by atoms with Crippen LogP contribution in [0.25, 0.3) is 0 Å². The van der Waals surface area contributed by atoms with Crippen LogP contribution in [0.3, 0.4) is 0 Å². The van der Waals surface area contributed by atoms with Crippen LogP contribution in [0.2, 0.25) is 0 Å². The first-order valence-electron chi connectivity index (χ1n) is 3.76. The van der Waals surface area contributed by atoms with E-state index in [1.54, 1.807) is 11.3 Å². The largest absolute Gasteiger partial charge is 0.327 e. The molecule has 0 aliphatic heterocycles. The van der Waals surface area contributed by atoms with Crippen molar-refractivity contribution in [3.63, 3.8) is 0 Å². The minimum absolute atomic E-state index is 0.404. The van der Waals surface area contributed by atoms with Gasteiger partial charge in [0.15, 0.2) is 0 Å². The van der Waals surface area contributed by atoms with Crippen molar-refractivity contribution in [1.82, 2.24) is 0 Å². The third-order valence-corrected chi connectivity index (χ3v) is 4.12. The number of hydrogen-bond acceptors (Lipinski definition) is 2. The Morgan fingerprint density at radius 3 is 2.64 bits per heavy atom. The van der Waals surface area contributed by atoms with Crippen molar-refractivity contribution in [3.05, 3.63) is 20.8 Å². The van der Waals surface area contributed by atoms with Crippen molar-refractivity contribution in [2.75, 3.05) is 0 Å². The maximum atomic E-state index is 5.87. The Bertz CT molecular complexity index is 258. The summed E-state index contributed by atoms with van der Waals surface area (Å²) < 4.78 is 1.24. The van der Waals surface area contributed by atoms with E-state index in [9.17, 15) is 0 Å². The summed E-state index contributed by atoms with van der Waals surface area (Å²) in [4.78, 5) is 0. The summed E-state index contributed by atoms with van der Waals surface area (Å²) in [7, 11) is 0. The smallest absolute Gasteiger partial charge is 0.0317 e. The fourth-order valence-corrected chi connectivity index (χ4v) is 3.12. The Morgan fingerprint density at radius 1 is 1.45 bits per heavy atom. The summed E-state index contributed by atoms with van der Waals surface area (Å²) in [5, 5.41) is 4.33. The molecule has 0 amide bonds. The molecule has 1 aromatic rings. The lowest BCUT2D eigenvalue weighted by Crippen LogP contribution is -2.37. The van der Waals surface area contributed by atoms with Crippen molar-refractivity contribution >= 4 is 27.3 Å². The molecular formula is C8H10BrNS. The van der Waals surface area contributed by atoms with E-state index in [1.807, 2.05) is 0 Å². The van der Waals surface area contributed by atoms with E-state index in [1.165, 1.54) is 22.9 Å². The van der Waals surface area contributed by atoms with Crippen LogP contribution in [0.1, 0.15) is 24.3 Å². The Morgan fingerprint density at radius 2 is 2.27 bits per heavy atom. The van der Waals surface area contributed by atoms with Gasteiger partial charge in [-0.25, -0.2) is 0 Å². The maximum Gasteiger partial charge on any atom is 0.0317 e. The van der Waals surface area contributed by atoms with Crippen LogP contribution < -0.4 is 5.73 Å². The van der Waals surface area contributed by atoms with Crippen molar-refractivity contribution < 1.29 is 0 Å². The molecule has 0 spiro atoms. The number of halogens is 1. The number of nitrogens with two attached hydrogens (primary N) is 1. The van der Waals surface area contributed by atoms with Gasteiger partial charge < -0.3 is 5.73 Å². The summed E-state index contributed by atoms with van der Waals surface area (Å²) >= 11 is 5.27. The molecule has 2 rings (SSSR count). The molecule has 2 N–H and O–H groups in total. The van der Waals surface area contributed by atoms with Crippen LogP contribution >= 0.6 is 27.3 Å².